The maximum atomic E-state index is 11.3. The normalized spacial score (nSPS) is 14.1. The van der Waals surface area contributed by atoms with Crippen LogP contribution in [0.3, 0.4) is 0 Å². The highest BCUT2D eigenvalue weighted by atomic mass is 79.9. The highest BCUT2D eigenvalue weighted by Gasteiger charge is 2.27. The second-order valence-electron chi connectivity index (χ2n) is 4.71. The first-order chi connectivity index (χ1) is 8.98. The number of unbranched alkanes of at least 4 members (excludes halogenated alkanes) is 1. The Kier molecular flexibility index (Phi) is 6.89. The summed E-state index contributed by atoms with van der Waals surface area (Å²) in [5.41, 5.74) is 4.81. The largest absolute Gasteiger partial charge is 0.368 e. The van der Waals surface area contributed by atoms with E-state index in [1.807, 2.05) is 30.8 Å². The van der Waals surface area contributed by atoms with Crippen LogP contribution in [0.5, 0.6) is 0 Å². The summed E-state index contributed by atoms with van der Waals surface area (Å²) in [5, 5.41) is 3.01. The van der Waals surface area contributed by atoms with E-state index >= 15 is 0 Å². The first kappa shape index (κ1) is 16.5. The van der Waals surface area contributed by atoms with Gasteiger partial charge in [-0.15, -0.1) is 11.8 Å². The number of hydrogen-bond donors (Lipinski definition) is 2. The number of hydrogen-bond acceptors (Lipinski definition) is 3. The number of amides is 1. The maximum absolute atomic E-state index is 11.3. The lowest BCUT2D eigenvalue weighted by atomic mass is 9.94. The molecule has 0 spiro atoms. The lowest BCUT2D eigenvalue weighted by molar-refractivity contribution is -0.123. The summed E-state index contributed by atoms with van der Waals surface area (Å²) in [6.07, 6.45) is 2.83. The summed E-state index contributed by atoms with van der Waals surface area (Å²) in [7, 11) is 1.78. The summed E-state index contributed by atoms with van der Waals surface area (Å²) < 4.78 is 1.11. The van der Waals surface area contributed by atoms with Crippen molar-refractivity contribution in [2.75, 3.05) is 12.8 Å². The van der Waals surface area contributed by atoms with Gasteiger partial charge in [-0.1, -0.05) is 28.4 Å². The van der Waals surface area contributed by atoms with Crippen molar-refractivity contribution in [1.29, 1.82) is 0 Å². The molecule has 1 rings (SSSR count). The van der Waals surface area contributed by atoms with E-state index in [1.54, 1.807) is 7.05 Å². The molecule has 0 aliphatic carbocycles. The van der Waals surface area contributed by atoms with E-state index in [9.17, 15) is 4.79 Å². The number of rotatable bonds is 8. The number of carbonyl (C=O) groups is 1. The summed E-state index contributed by atoms with van der Waals surface area (Å²) in [5.74, 6) is 0.768. The lowest BCUT2D eigenvalue weighted by Crippen LogP contribution is -2.51. The van der Waals surface area contributed by atoms with Crippen molar-refractivity contribution >= 4 is 33.6 Å². The van der Waals surface area contributed by atoms with Crippen LogP contribution in [0.1, 0.15) is 26.2 Å². The van der Waals surface area contributed by atoms with E-state index < -0.39 is 5.54 Å². The Morgan fingerprint density at radius 1 is 1.47 bits per heavy atom. The average Bonchev–Trinajstić information content (AvgIpc) is 2.38. The van der Waals surface area contributed by atoms with Crippen molar-refractivity contribution in [3.63, 3.8) is 0 Å². The number of nitrogens with two attached hydrogens (primary N) is 1. The van der Waals surface area contributed by atoms with Crippen LogP contribution in [0.2, 0.25) is 0 Å². The predicted molar refractivity (Wildman–Crippen MR) is 85.4 cm³/mol. The Morgan fingerprint density at radius 2 is 2.21 bits per heavy atom. The Bertz CT molecular complexity index is 428. The molecule has 1 atom stereocenters. The van der Waals surface area contributed by atoms with Gasteiger partial charge in [-0.3, -0.25) is 4.79 Å². The molecule has 0 bridgehead atoms. The minimum Gasteiger partial charge on any atom is -0.368 e. The second kappa shape index (κ2) is 7.92. The van der Waals surface area contributed by atoms with Crippen molar-refractivity contribution in [2.24, 2.45) is 5.73 Å². The molecular formula is C14H21BrN2OS. The third-order valence-corrected chi connectivity index (χ3v) is 4.80. The van der Waals surface area contributed by atoms with Crippen LogP contribution in [0.15, 0.2) is 33.6 Å². The molecule has 0 radical (unpaired) electrons. The molecular weight excluding hydrogens is 324 g/mol. The summed E-state index contributed by atoms with van der Waals surface area (Å²) in [4.78, 5) is 12.6. The molecule has 0 saturated carbocycles. The fourth-order valence-electron chi connectivity index (χ4n) is 1.70. The van der Waals surface area contributed by atoms with Gasteiger partial charge in [0, 0.05) is 9.37 Å². The molecule has 3 nitrogen and oxygen atoms in total. The molecule has 1 amide bonds. The lowest BCUT2D eigenvalue weighted by Gasteiger charge is -2.25. The van der Waals surface area contributed by atoms with E-state index in [1.165, 1.54) is 4.90 Å². The van der Waals surface area contributed by atoms with E-state index in [4.69, 9.17) is 5.73 Å². The van der Waals surface area contributed by atoms with E-state index in [-0.39, 0.29) is 5.91 Å². The summed E-state index contributed by atoms with van der Waals surface area (Å²) >= 11 is 5.30. The number of nitrogens with one attached hydrogen (secondary N) is 1. The number of thioether (sulfide) groups is 1. The fraction of sp³-hybridized carbons (Fsp3) is 0.500. The highest BCUT2D eigenvalue weighted by Crippen LogP contribution is 2.23. The van der Waals surface area contributed by atoms with Gasteiger partial charge >= 0.3 is 0 Å². The molecule has 0 aliphatic rings. The highest BCUT2D eigenvalue weighted by molar-refractivity contribution is 9.10. The summed E-state index contributed by atoms with van der Waals surface area (Å²) in [6.45, 7) is 1.86. The standard InChI is InChI=1S/C14H21BrN2OS/c1-14(17-2,13(16)18)8-3-4-9-19-12-7-5-6-11(15)10-12/h5-7,10,17H,3-4,8-9H2,1-2H3,(H2,16,18). The van der Waals surface area contributed by atoms with Gasteiger partial charge in [0.15, 0.2) is 0 Å². The smallest absolute Gasteiger partial charge is 0.237 e. The molecule has 3 N–H and O–H groups in total. The quantitative estimate of drug-likeness (QED) is 0.562. The van der Waals surface area contributed by atoms with Crippen LogP contribution in [-0.4, -0.2) is 24.2 Å². The summed E-state index contributed by atoms with van der Waals surface area (Å²) in [6, 6.07) is 8.29. The van der Waals surface area contributed by atoms with Crippen molar-refractivity contribution in [3.05, 3.63) is 28.7 Å². The van der Waals surface area contributed by atoms with Crippen molar-refractivity contribution in [2.45, 2.75) is 36.6 Å². The SMILES string of the molecule is CNC(C)(CCCCSc1cccc(Br)c1)C(N)=O. The minimum absolute atomic E-state index is 0.283. The zero-order valence-electron chi connectivity index (χ0n) is 11.4. The van der Waals surface area contributed by atoms with Gasteiger partial charge in [-0.05, 0) is 50.8 Å². The van der Waals surface area contributed by atoms with Gasteiger partial charge in [0.25, 0.3) is 0 Å². The maximum Gasteiger partial charge on any atom is 0.237 e. The van der Waals surface area contributed by atoms with Crippen LogP contribution in [0.4, 0.5) is 0 Å². The van der Waals surface area contributed by atoms with Crippen LogP contribution >= 0.6 is 27.7 Å². The molecule has 0 aromatic heterocycles. The Labute approximate surface area is 127 Å². The zero-order chi connectivity index (χ0) is 14.3. The molecule has 0 heterocycles. The van der Waals surface area contributed by atoms with Crippen molar-refractivity contribution in [1.82, 2.24) is 5.32 Å². The molecule has 0 fully saturated rings. The molecule has 19 heavy (non-hydrogen) atoms. The van der Waals surface area contributed by atoms with Gasteiger partial charge in [0.05, 0.1) is 5.54 Å². The van der Waals surface area contributed by atoms with Crippen LogP contribution in [0, 0.1) is 0 Å². The van der Waals surface area contributed by atoms with Gasteiger partial charge in [-0.2, -0.15) is 0 Å². The van der Waals surface area contributed by atoms with Gasteiger partial charge in [0.1, 0.15) is 0 Å². The van der Waals surface area contributed by atoms with Crippen LogP contribution in [-0.2, 0) is 4.79 Å². The molecule has 0 aliphatic heterocycles. The van der Waals surface area contributed by atoms with Gasteiger partial charge in [-0.25, -0.2) is 0 Å². The van der Waals surface area contributed by atoms with Gasteiger partial charge in [0.2, 0.25) is 5.91 Å². The monoisotopic (exact) mass is 344 g/mol. The zero-order valence-corrected chi connectivity index (χ0v) is 13.8. The predicted octanol–water partition coefficient (Wildman–Crippen LogP) is 3.17. The third-order valence-electron chi connectivity index (χ3n) is 3.23. The number of halogens is 1. The first-order valence-corrected chi connectivity index (χ1v) is 8.13. The number of benzene rings is 1. The molecule has 5 heteroatoms. The van der Waals surface area contributed by atoms with Crippen molar-refractivity contribution < 1.29 is 4.79 Å². The average molecular weight is 345 g/mol. The van der Waals surface area contributed by atoms with Crippen molar-refractivity contribution in [3.8, 4) is 0 Å². The molecule has 106 valence electrons. The second-order valence-corrected chi connectivity index (χ2v) is 6.79. The molecule has 0 saturated heterocycles. The van der Waals surface area contributed by atoms with Gasteiger partial charge < -0.3 is 11.1 Å². The topological polar surface area (TPSA) is 55.1 Å². The molecule has 1 aromatic rings. The van der Waals surface area contributed by atoms with E-state index in [2.05, 4.69) is 33.4 Å². The fourth-order valence-corrected chi connectivity index (χ4v) is 3.22. The van der Waals surface area contributed by atoms with Crippen LogP contribution < -0.4 is 11.1 Å². The minimum atomic E-state index is -0.583. The molecule has 1 aromatic carbocycles. The number of primary amides is 1. The van der Waals surface area contributed by atoms with E-state index in [0.29, 0.717) is 0 Å². The Morgan fingerprint density at radius 3 is 2.79 bits per heavy atom. The Balaban J connectivity index is 2.26. The van der Waals surface area contributed by atoms with E-state index in [0.717, 1.165) is 29.5 Å². The molecule has 1 unspecified atom stereocenters. The number of carbonyl (C=O) groups excluding carboxylic acids is 1. The third kappa shape index (κ3) is 5.55. The first-order valence-electron chi connectivity index (χ1n) is 6.35. The number of likely N-dealkylation sites (N-methyl/N-ethyl adjacent to an activating group) is 1. The van der Waals surface area contributed by atoms with Crippen LogP contribution in [0.25, 0.3) is 0 Å². The Hall–Kier alpha value is -0.520.